The fourth-order valence-electron chi connectivity index (χ4n) is 1.85. The van der Waals surface area contributed by atoms with Crippen LogP contribution >= 0.6 is 15.9 Å². The van der Waals surface area contributed by atoms with Crippen molar-refractivity contribution in [2.24, 2.45) is 5.73 Å². The Balaban J connectivity index is 2.24. The van der Waals surface area contributed by atoms with E-state index in [0.717, 1.165) is 5.56 Å². The van der Waals surface area contributed by atoms with E-state index in [1.165, 1.54) is 0 Å². The Kier molecular flexibility index (Phi) is 4.41. The molecule has 1 amide bonds. The number of hydrogen-bond donors (Lipinski definition) is 2. The first kappa shape index (κ1) is 15.2. The van der Waals surface area contributed by atoms with Crippen molar-refractivity contribution >= 4 is 27.5 Å². The van der Waals surface area contributed by atoms with E-state index in [-0.39, 0.29) is 5.91 Å². The molecule has 2 rings (SSSR count). The van der Waals surface area contributed by atoms with E-state index >= 15 is 0 Å². The summed E-state index contributed by atoms with van der Waals surface area (Å²) in [6.45, 7) is 1.66. The molecule has 0 bridgehead atoms. The number of anilines is 1. The van der Waals surface area contributed by atoms with Crippen LogP contribution in [0.3, 0.4) is 0 Å². The zero-order valence-corrected chi connectivity index (χ0v) is 13.0. The lowest BCUT2D eigenvalue weighted by Crippen LogP contribution is -2.45. The second kappa shape index (κ2) is 6.08. The standard InChI is InChI=1S/C16H14BrN3O/c1-16(19,12-5-3-2-4-6-12)15(21)20-14-8-7-11(10-18)9-13(14)17/h2-9H,19H2,1H3,(H,20,21). The van der Waals surface area contributed by atoms with Gasteiger partial charge >= 0.3 is 0 Å². The van der Waals surface area contributed by atoms with Crippen LogP contribution in [0.15, 0.2) is 53.0 Å². The minimum absolute atomic E-state index is 0.320. The van der Waals surface area contributed by atoms with Crippen LogP contribution in [0.1, 0.15) is 18.1 Å². The van der Waals surface area contributed by atoms with Crippen LogP contribution in [0, 0.1) is 11.3 Å². The van der Waals surface area contributed by atoms with Gasteiger partial charge in [0.2, 0.25) is 5.91 Å². The van der Waals surface area contributed by atoms with Crippen molar-refractivity contribution < 1.29 is 4.79 Å². The first-order valence-corrected chi connectivity index (χ1v) is 7.10. The van der Waals surface area contributed by atoms with Crippen LogP contribution in [0.4, 0.5) is 5.69 Å². The van der Waals surface area contributed by atoms with E-state index in [2.05, 4.69) is 21.2 Å². The first-order chi connectivity index (χ1) is 9.95. The van der Waals surface area contributed by atoms with Gasteiger partial charge in [0.25, 0.3) is 0 Å². The highest BCUT2D eigenvalue weighted by molar-refractivity contribution is 9.10. The van der Waals surface area contributed by atoms with Crippen molar-refractivity contribution in [1.82, 2.24) is 0 Å². The Bertz CT molecular complexity index is 705. The zero-order chi connectivity index (χ0) is 15.5. The highest BCUT2D eigenvalue weighted by Gasteiger charge is 2.30. The number of nitrogens with two attached hydrogens (primary N) is 1. The summed E-state index contributed by atoms with van der Waals surface area (Å²) in [5.41, 5.74) is 6.83. The number of nitriles is 1. The number of nitrogens with zero attached hydrogens (tertiary/aromatic N) is 1. The summed E-state index contributed by atoms with van der Waals surface area (Å²) in [5, 5.41) is 11.6. The van der Waals surface area contributed by atoms with Gasteiger partial charge in [0.1, 0.15) is 5.54 Å². The number of carbonyl (C=O) groups excluding carboxylic acids is 1. The summed E-state index contributed by atoms with van der Waals surface area (Å²) >= 11 is 3.33. The van der Waals surface area contributed by atoms with Crippen LogP contribution < -0.4 is 11.1 Å². The minimum Gasteiger partial charge on any atom is -0.323 e. The lowest BCUT2D eigenvalue weighted by atomic mass is 9.92. The Labute approximate surface area is 131 Å². The van der Waals surface area contributed by atoms with Gasteiger partial charge in [-0.05, 0) is 46.6 Å². The molecule has 3 N–H and O–H groups in total. The molecule has 0 aliphatic rings. The summed E-state index contributed by atoms with van der Waals surface area (Å²) in [4.78, 5) is 12.4. The summed E-state index contributed by atoms with van der Waals surface area (Å²) in [6.07, 6.45) is 0. The summed E-state index contributed by atoms with van der Waals surface area (Å²) < 4.78 is 0.638. The van der Waals surface area contributed by atoms with E-state index in [4.69, 9.17) is 11.0 Å². The molecule has 5 heteroatoms. The molecule has 0 aliphatic heterocycles. The molecule has 2 aromatic rings. The van der Waals surface area contributed by atoms with Crippen molar-refractivity contribution in [1.29, 1.82) is 5.26 Å². The zero-order valence-electron chi connectivity index (χ0n) is 11.4. The number of benzene rings is 2. The smallest absolute Gasteiger partial charge is 0.248 e. The van der Waals surface area contributed by atoms with Crippen LogP contribution in [0.5, 0.6) is 0 Å². The molecule has 1 atom stereocenters. The maximum absolute atomic E-state index is 12.4. The number of nitrogens with one attached hydrogen (secondary N) is 1. The number of hydrogen-bond acceptors (Lipinski definition) is 3. The maximum Gasteiger partial charge on any atom is 0.248 e. The Morgan fingerprint density at radius 1 is 1.29 bits per heavy atom. The van der Waals surface area contributed by atoms with Crippen molar-refractivity contribution in [3.63, 3.8) is 0 Å². The van der Waals surface area contributed by atoms with Gasteiger partial charge in [-0.15, -0.1) is 0 Å². The summed E-state index contributed by atoms with van der Waals surface area (Å²) in [6, 6.07) is 16.2. The minimum atomic E-state index is -1.14. The van der Waals surface area contributed by atoms with Crippen molar-refractivity contribution in [2.75, 3.05) is 5.32 Å². The molecule has 0 saturated heterocycles. The van der Waals surface area contributed by atoms with Crippen molar-refractivity contribution in [2.45, 2.75) is 12.5 Å². The molecule has 0 radical (unpaired) electrons. The largest absolute Gasteiger partial charge is 0.323 e. The fraction of sp³-hybridized carbons (Fsp3) is 0.125. The predicted octanol–water partition coefficient (Wildman–Crippen LogP) is 3.13. The highest BCUT2D eigenvalue weighted by atomic mass is 79.9. The molecule has 0 spiro atoms. The Morgan fingerprint density at radius 3 is 2.52 bits per heavy atom. The molecule has 106 valence electrons. The lowest BCUT2D eigenvalue weighted by Gasteiger charge is -2.24. The van der Waals surface area contributed by atoms with E-state index < -0.39 is 5.54 Å². The predicted molar refractivity (Wildman–Crippen MR) is 85.5 cm³/mol. The molecular weight excluding hydrogens is 330 g/mol. The van der Waals surface area contributed by atoms with Gasteiger partial charge in [0.15, 0.2) is 0 Å². The van der Waals surface area contributed by atoms with Gasteiger partial charge in [0.05, 0.1) is 17.3 Å². The fourth-order valence-corrected chi connectivity index (χ4v) is 2.33. The topological polar surface area (TPSA) is 78.9 Å². The highest BCUT2D eigenvalue weighted by Crippen LogP contribution is 2.26. The number of carbonyl (C=O) groups is 1. The van der Waals surface area contributed by atoms with Crippen LogP contribution in [-0.4, -0.2) is 5.91 Å². The van der Waals surface area contributed by atoms with Gasteiger partial charge in [-0.1, -0.05) is 30.3 Å². The normalized spacial score (nSPS) is 13.0. The molecule has 2 aromatic carbocycles. The molecule has 0 fully saturated rings. The van der Waals surface area contributed by atoms with Gasteiger partial charge in [-0.3, -0.25) is 4.79 Å². The molecule has 0 aliphatic carbocycles. The second-order valence-electron chi connectivity index (χ2n) is 4.83. The van der Waals surface area contributed by atoms with E-state index in [0.29, 0.717) is 15.7 Å². The van der Waals surface area contributed by atoms with Crippen LogP contribution in [-0.2, 0) is 10.3 Å². The summed E-state index contributed by atoms with van der Waals surface area (Å²) in [5.74, 6) is -0.320. The Morgan fingerprint density at radius 2 is 1.95 bits per heavy atom. The van der Waals surface area contributed by atoms with E-state index in [1.807, 2.05) is 36.4 Å². The van der Waals surface area contributed by atoms with E-state index in [1.54, 1.807) is 25.1 Å². The average molecular weight is 344 g/mol. The van der Waals surface area contributed by atoms with Gasteiger partial charge in [-0.25, -0.2) is 0 Å². The third-order valence-corrected chi connectivity index (χ3v) is 3.85. The molecular formula is C16H14BrN3O. The van der Waals surface area contributed by atoms with Gasteiger partial charge in [-0.2, -0.15) is 5.26 Å². The molecule has 0 aromatic heterocycles. The average Bonchev–Trinajstić information content (AvgIpc) is 2.50. The third-order valence-electron chi connectivity index (χ3n) is 3.19. The number of halogens is 1. The SMILES string of the molecule is CC(N)(C(=O)Nc1ccc(C#N)cc1Br)c1ccccc1. The van der Waals surface area contributed by atoms with E-state index in [9.17, 15) is 4.79 Å². The molecule has 0 heterocycles. The molecule has 4 nitrogen and oxygen atoms in total. The molecule has 1 unspecified atom stereocenters. The summed E-state index contributed by atoms with van der Waals surface area (Å²) in [7, 11) is 0. The van der Waals surface area contributed by atoms with Gasteiger partial charge in [0, 0.05) is 4.47 Å². The monoisotopic (exact) mass is 343 g/mol. The first-order valence-electron chi connectivity index (χ1n) is 6.30. The van der Waals surface area contributed by atoms with Crippen molar-refractivity contribution in [3.8, 4) is 6.07 Å². The molecule has 21 heavy (non-hydrogen) atoms. The van der Waals surface area contributed by atoms with Gasteiger partial charge < -0.3 is 11.1 Å². The quantitative estimate of drug-likeness (QED) is 0.898. The number of amides is 1. The van der Waals surface area contributed by atoms with Crippen LogP contribution in [0.25, 0.3) is 0 Å². The van der Waals surface area contributed by atoms with Crippen molar-refractivity contribution in [3.05, 3.63) is 64.1 Å². The molecule has 0 saturated carbocycles. The Hall–Kier alpha value is -2.16. The second-order valence-corrected chi connectivity index (χ2v) is 5.68. The lowest BCUT2D eigenvalue weighted by molar-refractivity contribution is -0.120. The maximum atomic E-state index is 12.4. The third kappa shape index (κ3) is 3.30. The number of rotatable bonds is 3. The van der Waals surface area contributed by atoms with Crippen LogP contribution in [0.2, 0.25) is 0 Å².